The minimum absolute atomic E-state index is 0.101. The van der Waals surface area contributed by atoms with E-state index in [1.165, 1.54) is 0 Å². The van der Waals surface area contributed by atoms with Crippen molar-refractivity contribution in [2.75, 3.05) is 24.7 Å². The van der Waals surface area contributed by atoms with E-state index in [-0.39, 0.29) is 43.4 Å². The smallest absolute Gasteiger partial charge is 0.312 e. The second-order valence-electron chi connectivity index (χ2n) is 13.3. The molecule has 4 rings (SSSR count). The molecule has 1 aromatic rings. The molecule has 0 radical (unpaired) electrons. The number of nitrogens with zero attached hydrogens (tertiary/aromatic N) is 2. The van der Waals surface area contributed by atoms with Gasteiger partial charge in [-0.1, -0.05) is 51.1 Å². The maximum Gasteiger partial charge on any atom is 0.312 e. The van der Waals surface area contributed by atoms with E-state index in [9.17, 15) is 19.5 Å². The first-order valence-electron chi connectivity index (χ1n) is 15.8. The molecular formula is C35H50N2O6. The van der Waals surface area contributed by atoms with Crippen LogP contribution in [-0.2, 0) is 23.9 Å². The summed E-state index contributed by atoms with van der Waals surface area (Å²) in [7, 11) is 0. The number of ether oxygens (including phenoxy) is 2. The highest BCUT2D eigenvalue weighted by Gasteiger charge is 2.80. The SMILES string of the molecule is C=CCCCCOC(=O)[C@@H]1[C@H]2C(=O)N([C@@H](CO)CC(C)C)C(C(=O)N(CC=C)c3c(C)cccc3C)C23CC(C)[C@@]1(C)O3. The van der Waals surface area contributed by atoms with Crippen LogP contribution in [0.25, 0.3) is 0 Å². The predicted octanol–water partition coefficient (Wildman–Crippen LogP) is 5.14. The van der Waals surface area contributed by atoms with Crippen LogP contribution in [0.4, 0.5) is 5.69 Å². The van der Waals surface area contributed by atoms with Crippen molar-refractivity contribution in [3.8, 4) is 0 Å². The molecular weight excluding hydrogens is 544 g/mol. The van der Waals surface area contributed by atoms with Gasteiger partial charge in [0.2, 0.25) is 5.91 Å². The van der Waals surface area contributed by atoms with Gasteiger partial charge >= 0.3 is 5.97 Å². The van der Waals surface area contributed by atoms with E-state index in [1.807, 2.05) is 65.8 Å². The van der Waals surface area contributed by atoms with Crippen LogP contribution in [0.1, 0.15) is 70.9 Å². The van der Waals surface area contributed by atoms with Gasteiger partial charge in [-0.2, -0.15) is 0 Å². The van der Waals surface area contributed by atoms with Crippen molar-refractivity contribution in [1.82, 2.24) is 4.90 Å². The molecule has 2 bridgehead atoms. The van der Waals surface area contributed by atoms with Crippen molar-refractivity contribution >= 4 is 23.5 Å². The van der Waals surface area contributed by atoms with Gasteiger partial charge in [0.1, 0.15) is 17.6 Å². The molecule has 0 aromatic heterocycles. The fraction of sp³-hybridized carbons (Fsp3) is 0.629. The molecule has 0 aliphatic carbocycles. The van der Waals surface area contributed by atoms with Gasteiger partial charge in [-0.15, -0.1) is 13.2 Å². The summed E-state index contributed by atoms with van der Waals surface area (Å²) in [5.41, 5.74) is 0.436. The van der Waals surface area contributed by atoms with E-state index in [0.717, 1.165) is 29.7 Å². The average molecular weight is 595 g/mol. The molecule has 1 N–H and O–H groups in total. The number of anilines is 1. The molecule has 8 nitrogen and oxygen atoms in total. The summed E-state index contributed by atoms with van der Waals surface area (Å²) >= 11 is 0. The molecule has 2 amide bonds. The van der Waals surface area contributed by atoms with E-state index in [2.05, 4.69) is 13.2 Å². The maximum absolute atomic E-state index is 15.0. The molecule has 3 saturated heterocycles. The molecule has 3 aliphatic rings. The van der Waals surface area contributed by atoms with Gasteiger partial charge in [-0.05, 0) is 75.8 Å². The highest BCUT2D eigenvalue weighted by atomic mass is 16.6. The number of aliphatic hydroxyl groups is 1. The molecule has 236 valence electrons. The number of amides is 2. The first-order valence-corrected chi connectivity index (χ1v) is 15.8. The molecule has 3 fully saturated rings. The number of allylic oxidation sites excluding steroid dienone is 1. The highest BCUT2D eigenvalue weighted by molar-refractivity contribution is 6.05. The summed E-state index contributed by atoms with van der Waals surface area (Å²) in [6, 6.07) is 4.25. The van der Waals surface area contributed by atoms with Gasteiger partial charge in [-0.25, -0.2) is 0 Å². The zero-order valence-corrected chi connectivity index (χ0v) is 26.8. The number of likely N-dealkylation sites (tertiary alicyclic amines) is 1. The number of hydrogen-bond donors (Lipinski definition) is 1. The second kappa shape index (κ2) is 12.9. The Hall–Kier alpha value is -2.97. The van der Waals surface area contributed by atoms with Crippen molar-refractivity contribution < 1.29 is 29.0 Å². The third-order valence-corrected chi connectivity index (χ3v) is 9.92. The van der Waals surface area contributed by atoms with Gasteiger partial charge < -0.3 is 24.4 Å². The Kier molecular flexibility index (Phi) is 9.92. The number of rotatable bonds is 14. The molecule has 3 aliphatic heterocycles. The van der Waals surface area contributed by atoms with E-state index >= 15 is 0 Å². The Bertz CT molecular complexity index is 1220. The zero-order chi connectivity index (χ0) is 31.7. The second-order valence-corrected chi connectivity index (χ2v) is 13.3. The van der Waals surface area contributed by atoms with Crippen molar-refractivity contribution in [2.45, 2.75) is 96.9 Å². The Balaban J connectivity index is 1.83. The summed E-state index contributed by atoms with van der Waals surface area (Å²) < 4.78 is 12.7. The van der Waals surface area contributed by atoms with Crippen LogP contribution in [-0.4, -0.2) is 70.8 Å². The number of para-hydroxylation sites is 1. The topological polar surface area (TPSA) is 96.4 Å². The fourth-order valence-corrected chi connectivity index (χ4v) is 7.98. The number of fused-ring (bicyclic) bond motifs is 1. The number of carbonyl (C=O) groups excluding carboxylic acids is 3. The van der Waals surface area contributed by atoms with Crippen molar-refractivity contribution in [1.29, 1.82) is 0 Å². The number of hydrogen-bond acceptors (Lipinski definition) is 6. The summed E-state index contributed by atoms with van der Waals surface area (Å²) in [5.74, 6) is -2.74. The van der Waals surface area contributed by atoms with Crippen LogP contribution in [0.15, 0.2) is 43.5 Å². The molecule has 1 aromatic carbocycles. The summed E-state index contributed by atoms with van der Waals surface area (Å²) in [4.78, 5) is 46.7. The lowest BCUT2D eigenvalue weighted by Gasteiger charge is -2.40. The minimum Gasteiger partial charge on any atom is -0.465 e. The highest BCUT2D eigenvalue weighted by Crippen LogP contribution is 2.66. The van der Waals surface area contributed by atoms with Crippen molar-refractivity contribution in [2.24, 2.45) is 23.7 Å². The summed E-state index contributed by atoms with van der Waals surface area (Å²) in [5, 5.41) is 10.6. The maximum atomic E-state index is 15.0. The zero-order valence-electron chi connectivity index (χ0n) is 26.8. The molecule has 43 heavy (non-hydrogen) atoms. The molecule has 8 heteroatoms. The molecule has 1 spiro atoms. The lowest BCUT2D eigenvalue weighted by Crippen LogP contribution is -2.59. The largest absolute Gasteiger partial charge is 0.465 e. The number of benzene rings is 1. The monoisotopic (exact) mass is 594 g/mol. The Morgan fingerprint density at radius 1 is 1.21 bits per heavy atom. The number of carbonyl (C=O) groups is 3. The first kappa shape index (κ1) is 32.9. The fourth-order valence-electron chi connectivity index (χ4n) is 7.98. The van der Waals surface area contributed by atoms with Crippen LogP contribution < -0.4 is 4.90 Å². The summed E-state index contributed by atoms with van der Waals surface area (Å²) in [6.45, 7) is 19.7. The molecule has 0 saturated carbocycles. The quantitative estimate of drug-likeness (QED) is 0.182. The van der Waals surface area contributed by atoms with E-state index < -0.39 is 41.1 Å². The van der Waals surface area contributed by atoms with Crippen LogP contribution in [0.2, 0.25) is 0 Å². The van der Waals surface area contributed by atoms with Gasteiger partial charge in [0.25, 0.3) is 5.91 Å². The predicted molar refractivity (Wildman–Crippen MR) is 167 cm³/mol. The van der Waals surface area contributed by atoms with Crippen LogP contribution in [0.5, 0.6) is 0 Å². The average Bonchev–Trinajstić information content (AvgIpc) is 3.47. The molecule has 7 atom stereocenters. The van der Waals surface area contributed by atoms with Gasteiger partial charge in [0.05, 0.1) is 30.8 Å². The van der Waals surface area contributed by atoms with Crippen LogP contribution >= 0.6 is 0 Å². The number of aryl methyl sites for hydroxylation is 2. The third kappa shape index (κ3) is 5.57. The van der Waals surface area contributed by atoms with E-state index in [1.54, 1.807) is 15.9 Å². The van der Waals surface area contributed by atoms with Crippen LogP contribution in [0.3, 0.4) is 0 Å². The molecule has 3 unspecified atom stereocenters. The standard InChI is InChI=1S/C35H50N2O6/c1-9-11-12-13-18-42-33(41)28-27-31(39)37(26(21-38)19-22(3)4)30(35(27)20-25(7)34(28,8)43-35)32(40)36(17-10-2)29-23(5)15-14-16-24(29)6/h9-10,14-16,22,25-28,30,38H,1-2,11-13,17-21H2,3-8H3/t25?,26-,27+,28+,30?,34-,35?/m1/s1. The third-order valence-electron chi connectivity index (χ3n) is 9.92. The Morgan fingerprint density at radius 3 is 2.47 bits per heavy atom. The van der Waals surface area contributed by atoms with E-state index in [0.29, 0.717) is 19.3 Å². The number of esters is 1. The summed E-state index contributed by atoms with van der Waals surface area (Å²) in [6.07, 6.45) is 6.86. The van der Waals surface area contributed by atoms with Crippen molar-refractivity contribution in [3.05, 3.63) is 54.6 Å². The number of unbranched alkanes of at least 4 members (excludes halogenated alkanes) is 2. The van der Waals surface area contributed by atoms with Gasteiger partial charge in [0, 0.05) is 12.2 Å². The number of aliphatic hydroxyl groups excluding tert-OH is 1. The van der Waals surface area contributed by atoms with Gasteiger partial charge in [0.15, 0.2) is 0 Å². The minimum atomic E-state index is -1.23. The van der Waals surface area contributed by atoms with E-state index in [4.69, 9.17) is 9.47 Å². The van der Waals surface area contributed by atoms with Gasteiger partial charge in [-0.3, -0.25) is 14.4 Å². The lowest BCUT2D eigenvalue weighted by atomic mass is 9.62. The normalized spacial score (nSPS) is 30.0. The Labute approximate surface area is 257 Å². The first-order chi connectivity index (χ1) is 20.4. The van der Waals surface area contributed by atoms with Crippen LogP contribution in [0, 0.1) is 37.5 Å². The lowest BCUT2D eigenvalue weighted by molar-refractivity contribution is -0.162. The molecule has 3 heterocycles. The van der Waals surface area contributed by atoms with Crippen molar-refractivity contribution in [3.63, 3.8) is 0 Å². The Morgan fingerprint density at radius 2 is 1.88 bits per heavy atom.